The molecule has 0 spiro atoms. The fraction of sp³-hybridized carbons (Fsp3) is 0.609. The standard InChI is InChI=1S/C23H30O4S/c1-3-15(12-17-6-4-5-11-26-17)19-13-18(24)22(23(25)27-19)21(16-8-9-16)20-10-7-14(2)28-20/h7,10,13,15-17,21,24H,3-6,8-9,11-12H2,1-2H3. The van der Waals surface area contributed by atoms with Crippen LogP contribution < -0.4 is 5.63 Å². The summed E-state index contributed by atoms with van der Waals surface area (Å²) in [6.45, 7) is 4.99. The van der Waals surface area contributed by atoms with Gasteiger partial charge in [0, 0.05) is 34.3 Å². The van der Waals surface area contributed by atoms with Crippen LogP contribution in [0.25, 0.3) is 0 Å². The lowest BCUT2D eigenvalue weighted by Crippen LogP contribution is -2.22. The van der Waals surface area contributed by atoms with Gasteiger partial charge in [0.25, 0.3) is 0 Å². The van der Waals surface area contributed by atoms with Gasteiger partial charge < -0.3 is 14.3 Å². The summed E-state index contributed by atoms with van der Waals surface area (Å²) in [6, 6.07) is 5.87. The van der Waals surface area contributed by atoms with Gasteiger partial charge in [-0.15, -0.1) is 11.3 Å². The molecule has 28 heavy (non-hydrogen) atoms. The van der Waals surface area contributed by atoms with Crippen molar-refractivity contribution in [3.63, 3.8) is 0 Å². The highest BCUT2D eigenvalue weighted by Crippen LogP contribution is 2.49. The maximum atomic E-state index is 13.0. The molecule has 3 unspecified atom stereocenters. The Morgan fingerprint density at radius 1 is 1.25 bits per heavy atom. The molecule has 2 aromatic rings. The number of rotatable bonds is 7. The fourth-order valence-electron chi connectivity index (χ4n) is 4.45. The van der Waals surface area contributed by atoms with E-state index in [4.69, 9.17) is 9.15 Å². The van der Waals surface area contributed by atoms with Crippen LogP contribution in [0, 0.1) is 12.8 Å². The van der Waals surface area contributed by atoms with Gasteiger partial charge in [-0.1, -0.05) is 6.92 Å². The Bertz CT molecular complexity index is 858. The summed E-state index contributed by atoms with van der Waals surface area (Å²) in [5, 5.41) is 10.9. The predicted octanol–water partition coefficient (Wildman–Crippen LogP) is 5.71. The number of ether oxygens (including phenoxy) is 1. The SMILES string of the molecule is CCC(CC1CCCCO1)c1cc(O)c(C(c2ccc(C)s2)C2CC2)c(=O)o1. The Morgan fingerprint density at radius 2 is 2.07 bits per heavy atom. The summed E-state index contributed by atoms with van der Waals surface area (Å²) in [7, 11) is 0. The zero-order valence-corrected chi connectivity index (χ0v) is 17.6. The molecule has 1 saturated heterocycles. The second-order valence-corrected chi connectivity index (χ2v) is 9.65. The van der Waals surface area contributed by atoms with Gasteiger partial charge >= 0.3 is 5.63 Å². The molecule has 5 heteroatoms. The lowest BCUT2D eigenvalue weighted by molar-refractivity contribution is 0.00542. The first-order valence-corrected chi connectivity index (χ1v) is 11.4. The third kappa shape index (κ3) is 4.20. The molecule has 1 aliphatic heterocycles. The molecule has 1 aliphatic carbocycles. The van der Waals surface area contributed by atoms with E-state index in [1.165, 1.54) is 11.3 Å². The van der Waals surface area contributed by atoms with Crippen molar-refractivity contribution in [3.05, 3.63) is 49.7 Å². The molecule has 4 nitrogen and oxygen atoms in total. The van der Waals surface area contributed by atoms with Crippen molar-refractivity contribution in [2.45, 2.75) is 76.7 Å². The second kappa shape index (κ2) is 8.42. The minimum atomic E-state index is -0.374. The van der Waals surface area contributed by atoms with Crippen LogP contribution in [0.3, 0.4) is 0 Å². The van der Waals surface area contributed by atoms with Crippen molar-refractivity contribution in [2.24, 2.45) is 5.92 Å². The molecule has 0 bridgehead atoms. The van der Waals surface area contributed by atoms with Crippen molar-refractivity contribution >= 4 is 11.3 Å². The van der Waals surface area contributed by atoms with Crippen molar-refractivity contribution in [1.82, 2.24) is 0 Å². The van der Waals surface area contributed by atoms with E-state index in [-0.39, 0.29) is 29.3 Å². The highest BCUT2D eigenvalue weighted by Gasteiger charge is 2.38. The van der Waals surface area contributed by atoms with E-state index in [0.29, 0.717) is 17.2 Å². The van der Waals surface area contributed by atoms with E-state index < -0.39 is 0 Å². The van der Waals surface area contributed by atoms with Gasteiger partial charge in [0.05, 0.1) is 11.7 Å². The molecule has 0 aromatic carbocycles. The second-order valence-electron chi connectivity index (χ2n) is 8.33. The largest absolute Gasteiger partial charge is 0.507 e. The molecule has 2 aliphatic rings. The van der Waals surface area contributed by atoms with Crippen LogP contribution >= 0.6 is 11.3 Å². The van der Waals surface area contributed by atoms with E-state index in [0.717, 1.165) is 50.0 Å². The normalized spacial score (nSPS) is 22.1. The van der Waals surface area contributed by atoms with Gasteiger partial charge in [-0.05, 0) is 69.9 Å². The van der Waals surface area contributed by atoms with Gasteiger partial charge in [-0.2, -0.15) is 0 Å². The van der Waals surface area contributed by atoms with Gasteiger partial charge in [0.2, 0.25) is 0 Å². The zero-order valence-electron chi connectivity index (χ0n) is 16.8. The Hall–Kier alpha value is -1.59. The van der Waals surface area contributed by atoms with Crippen LogP contribution in [0.2, 0.25) is 0 Å². The molecule has 152 valence electrons. The molecule has 3 heterocycles. The highest BCUT2D eigenvalue weighted by atomic mass is 32.1. The monoisotopic (exact) mass is 402 g/mol. The van der Waals surface area contributed by atoms with E-state index >= 15 is 0 Å². The number of thiophene rings is 1. The van der Waals surface area contributed by atoms with Crippen LogP contribution in [0.1, 0.15) is 84.8 Å². The van der Waals surface area contributed by atoms with Crippen molar-refractivity contribution < 1.29 is 14.3 Å². The number of hydrogen-bond acceptors (Lipinski definition) is 5. The Kier molecular flexibility index (Phi) is 5.93. The summed E-state index contributed by atoms with van der Waals surface area (Å²) in [4.78, 5) is 15.3. The summed E-state index contributed by atoms with van der Waals surface area (Å²) < 4.78 is 11.7. The molecule has 2 fully saturated rings. The average Bonchev–Trinajstić information content (AvgIpc) is 3.43. The third-order valence-corrected chi connectivity index (χ3v) is 7.26. The van der Waals surface area contributed by atoms with Gasteiger partial charge in [-0.25, -0.2) is 4.79 Å². The Balaban J connectivity index is 1.62. The average molecular weight is 403 g/mol. The molecule has 0 amide bonds. The molecule has 1 saturated carbocycles. The van der Waals surface area contributed by atoms with Gasteiger partial charge in [-0.3, -0.25) is 0 Å². The van der Waals surface area contributed by atoms with E-state index in [1.807, 2.05) is 0 Å². The molecule has 0 radical (unpaired) electrons. The summed E-state index contributed by atoms with van der Waals surface area (Å²) in [5.74, 6) is 1.16. The third-order valence-electron chi connectivity index (χ3n) is 6.17. The van der Waals surface area contributed by atoms with E-state index in [9.17, 15) is 9.90 Å². The lowest BCUT2D eigenvalue weighted by Gasteiger charge is -2.26. The van der Waals surface area contributed by atoms with Crippen LogP contribution in [0.5, 0.6) is 5.75 Å². The first kappa shape index (κ1) is 19.7. The Morgan fingerprint density at radius 3 is 2.64 bits per heavy atom. The molecule has 4 rings (SSSR count). The minimum Gasteiger partial charge on any atom is -0.507 e. The summed E-state index contributed by atoms with van der Waals surface area (Å²) >= 11 is 1.71. The lowest BCUT2D eigenvalue weighted by atomic mass is 9.90. The predicted molar refractivity (Wildman–Crippen MR) is 112 cm³/mol. The van der Waals surface area contributed by atoms with Crippen LogP contribution in [-0.4, -0.2) is 17.8 Å². The van der Waals surface area contributed by atoms with Gasteiger partial charge in [0.1, 0.15) is 11.5 Å². The van der Waals surface area contributed by atoms with Gasteiger partial charge in [0.15, 0.2) is 0 Å². The van der Waals surface area contributed by atoms with Crippen LogP contribution in [0.15, 0.2) is 27.4 Å². The zero-order chi connectivity index (χ0) is 19.7. The summed E-state index contributed by atoms with van der Waals surface area (Å²) in [6.07, 6.45) is 7.50. The number of aromatic hydroxyl groups is 1. The smallest absolute Gasteiger partial charge is 0.343 e. The van der Waals surface area contributed by atoms with Crippen molar-refractivity contribution in [1.29, 1.82) is 0 Å². The first-order chi connectivity index (χ1) is 13.6. The molecular formula is C23H30O4S. The number of aryl methyl sites for hydroxylation is 1. The fourth-order valence-corrected chi connectivity index (χ4v) is 5.53. The highest BCUT2D eigenvalue weighted by molar-refractivity contribution is 7.12. The Labute approximate surface area is 170 Å². The molecule has 2 aromatic heterocycles. The van der Waals surface area contributed by atoms with Crippen molar-refractivity contribution in [2.75, 3.05) is 6.61 Å². The maximum Gasteiger partial charge on any atom is 0.343 e. The van der Waals surface area contributed by atoms with Crippen LogP contribution in [0.4, 0.5) is 0 Å². The van der Waals surface area contributed by atoms with E-state index in [2.05, 4.69) is 26.0 Å². The van der Waals surface area contributed by atoms with E-state index in [1.54, 1.807) is 17.4 Å². The molecule has 1 N–H and O–H groups in total. The molecule has 3 atom stereocenters. The number of hydrogen-bond donors (Lipinski definition) is 1. The first-order valence-electron chi connectivity index (χ1n) is 10.6. The molecular weight excluding hydrogens is 372 g/mol. The van der Waals surface area contributed by atoms with Crippen molar-refractivity contribution in [3.8, 4) is 5.75 Å². The maximum absolute atomic E-state index is 13.0. The minimum absolute atomic E-state index is 0.0502. The quantitative estimate of drug-likeness (QED) is 0.644. The topological polar surface area (TPSA) is 59.7 Å². The summed E-state index contributed by atoms with van der Waals surface area (Å²) in [5.41, 5.74) is 0.0674. The van der Waals surface area contributed by atoms with Crippen LogP contribution in [-0.2, 0) is 4.74 Å².